The maximum atomic E-state index is 10.8. The summed E-state index contributed by atoms with van der Waals surface area (Å²) < 4.78 is 2.48. The molecule has 2 aromatic rings. The highest BCUT2D eigenvalue weighted by molar-refractivity contribution is 9.10. The molecule has 1 unspecified atom stereocenters. The molecule has 6 heteroatoms. The fourth-order valence-electron chi connectivity index (χ4n) is 1.35. The van der Waals surface area contributed by atoms with Gasteiger partial charge in [-0.1, -0.05) is 27.2 Å². The molecule has 0 fully saturated rings. The summed E-state index contributed by atoms with van der Waals surface area (Å²) in [7, 11) is 0. The van der Waals surface area contributed by atoms with E-state index in [0.29, 0.717) is 5.69 Å². The van der Waals surface area contributed by atoms with Gasteiger partial charge in [0.25, 0.3) is 0 Å². The number of carboxylic acid groups (broad SMARTS) is 1. The normalized spacial score (nSPS) is 12.4. The molecular weight excluding hydrogens is 286 g/mol. The van der Waals surface area contributed by atoms with Gasteiger partial charge in [0, 0.05) is 4.47 Å². The predicted molar refractivity (Wildman–Crippen MR) is 65.1 cm³/mol. The first-order chi connectivity index (χ1) is 8.08. The van der Waals surface area contributed by atoms with Gasteiger partial charge >= 0.3 is 5.97 Å². The molecule has 0 radical (unpaired) electrons. The summed E-state index contributed by atoms with van der Waals surface area (Å²) in [5, 5.41) is 16.6. The van der Waals surface area contributed by atoms with Crippen molar-refractivity contribution in [2.75, 3.05) is 0 Å². The largest absolute Gasteiger partial charge is 0.481 e. The minimum Gasteiger partial charge on any atom is -0.481 e. The van der Waals surface area contributed by atoms with Crippen LogP contribution in [0.1, 0.15) is 18.5 Å². The second-order valence-corrected chi connectivity index (χ2v) is 4.54. The van der Waals surface area contributed by atoms with Gasteiger partial charge in [-0.3, -0.25) is 4.79 Å². The summed E-state index contributed by atoms with van der Waals surface area (Å²) in [5.74, 6) is -1.57. The average Bonchev–Trinajstić information content (AvgIpc) is 2.77. The molecule has 0 saturated heterocycles. The molecule has 5 nitrogen and oxygen atoms in total. The minimum absolute atomic E-state index is 0.442. The number of hydrogen-bond donors (Lipinski definition) is 1. The van der Waals surface area contributed by atoms with E-state index in [1.54, 1.807) is 17.8 Å². The number of aliphatic carboxylic acids is 1. The molecule has 1 atom stereocenters. The molecule has 2 rings (SSSR count). The van der Waals surface area contributed by atoms with Crippen LogP contribution < -0.4 is 0 Å². The maximum absolute atomic E-state index is 10.8. The maximum Gasteiger partial charge on any atom is 0.312 e. The lowest BCUT2D eigenvalue weighted by molar-refractivity contribution is -0.138. The second-order valence-electron chi connectivity index (χ2n) is 3.63. The Labute approximate surface area is 106 Å². The van der Waals surface area contributed by atoms with Crippen LogP contribution in [0.4, 0.5) is 0 Å². The number of carbonyl (C=O) groups is 1. The van der Waals surface area contributed by atoms with Crippen LogP contribution >= 0.6 is 15.9 Å². The molecule has 1 aromatic carbocycles. The van der Waals surface area contributed by atoms with Crippen LogP contribution in [-0.4, -0.2) is 26.1 Å². The second kappa shape index (κ2) is 4.67. The Kier molecular flexibility index (Phi) is 3.23. The van der Waals surface area contributed by atoms with E-state index < -0.39 is 11.9 Å². The molecule has 17 heavy (non-hydrogen) atoms. The minimum atomic E-state index is -0.911. The highest BCUT2D eigenvalue weighted by atomic mass is 79.9. The molecule has 0 spiro atoms. The topological polar surface area (TPSA) is 68.0 Å². The highest BCUT2D eigenvalue weighted by Crippen LogP contribution is 2.17. The van der Waals surface area contributed by atoms with Crippen LogP contribution in [0.3, 0.4) is 0 Å². The zero-order valence-corrected chi connectivity index (χ0v) is 10.6. The van der Waals surface area contributed by atoms with Crippen molar-refractivity contribution in [1.29, 1.82) is 0 Å². The van der Waals surface area contributed by atoms with E-state index in [1.165, 1.54) is 0 Å². The fraction of sp³-hybridized carbons (Fsp3) is 0.182. The van der Waals surface area contributed by atoms with Crippen molar-refractivity contribution >= 4 is 21.9 Å². The van der Waals surface area contributed by atoms with Gasteiger partial charge in [-0.2, -0.15) is 0 Å². The number of nitrogens with zero attached hydrogens (tertiary/aromatic N) is 3. The Bertz CT molecular complexity index is 553. The SMILES string of the molecule is CC(C(=O)O)c1cn(-c2cccc(Br)c2)nn1. The van der Waals surface area contributed by atoms with Crippen molar-refractivity contribution in [2.24, 2.45) is 0 Å². The van der Waals surface area contributed by atoms with Gasteiger partial charge in [0.05, 0.1) is 23.5 Å². The Balaban J connectivity index is 2.33. The average molecular weight is 296 g/mol. The molecule has 0 saturated carbocycles. The summed E-state index contributed by atoms with van der Waals surface area (Å²) in [4.78, 5) is 10.8. The van der Waals surface area contributed by atoms with Crippen LogP contribution in [0.15, 0.2) is 34.9 Å². The van der Waals surface area contributed by atoms with Crippen molar-refractivity contribution in [3.63, 3.8) is 0 Å². The lowest BCUT2D eigenvalue weighted by Gasteiger charge is -2.00. The van der Waals surface area contributed by atoms with Gasteiger partial charge in [-0.15, -0.1) is 5.10 Å². The summed E-state index contributed by atoms with van der Waals surface area (Å²) in [6, 6.07) is 7.53. The summed E-state index contributed by atoms with van der Waals surface area (Å²) in [6.45, 7) is 1.58. The monoisotopic (exact) mass is 295 g/mol. The van der Waals surface area contributed by atoms with Crippen LogP contribution in [-0.2, 0) is 4.79 Å². The molecule has 0 amide bonds. The van der Waals surface area contributed by atoms with Crippen molar-refractivity contribution in [1.82, 2.24) is 15.0 Å². The number of carboxylic acids is 1. The van der Waals surface area contributed by atoms with Gasteiger partial charge in [0.15, 0.2) is 0 Å². The smallest absolute Gasteiger partial charge is 0.312 e. The lowest BCUT2D eigenvalue weighted by atomic mass is 10.1. The first-order valence-electron chi connectivity index (χ1n) is 4.99. The molecule has 1 N–H and O–H groups in total. The van der Waals surface area contributed by atoms with Gasteiger partial charge in [0.2, 0.25) is 0 Å². The molecule has 1 heterocycles. The van der Waals surface area contributed by atoms with Crippen LogP contribution in [0.25, 0.3) is 5.69 Å². The van der Waals surface area contributed by atoms with E-state index >= 15 is 0 Å². The number of benzene rings is 1. The molecule has 1 aromatic heterocycles. The quantitative estimate of drug-likeness (QED) is 0.943. The number of hydrogen-bond acceptors (Lipinski definition) is 3. The van der Waals surface area contributed by atoms with Gasteiger partial charge in [-0.05, 0) is 25.1 Å². The standard InChI is InChI=1S/C11H10BrN3O2/c1-7(11(16)17)10-6-15(14-13-10)9-4-2-3-8(12)5-9/h2-7H,1H3,(H,16,17). The third-order valence-corrected chi connectivity index (χ3v) is 2.89. The van der Waals surface area contributed by atoms with E-state index in [4.69, 9.17) is 5.11 Å². The molecule has 0 bridgehead atoms. The van der Waals surface area contributed by atoms with Crippen LogP contribution in [0, 0.1) is 0 Å². The predicted octanol–water partition coefficient (Wildman–Crippen LogP) is 2.22. The zero-order chi connectivity index (χ0) is 12.4. The Morgan fingerprint density at radius 2 is 2.29 bits per heavy atom. The third-order valence-electron chi connectivity index (χ3n) is 2.40. The van der Waals surface area contributed by atoms with Gasteiger partial charge in [0.1, 0.15) is 0 Å². The molecular formula is C11H10BrN3O2. The van der Waals surface area contributed by atoms with Crippen molar-refractivity contribution in [3.8, 4) is 5.69 Å². The van der Waals surface area contributed by atoms with E-state index in [1.807, 2.05) is 24.3 Å². The van der Waals surface area contributed by atoms with Crippen LogP contribution in [0.2, 0.25) is 0 Å². The summed E-state index contributed by atoms with van der Waals surface area (Å²) in [5.41, 5.74) is 1.27. The van der Waals surface area contributed by atoms with Crippen molar-refractivity contribution in [2.45, 2.75) is 12.8 Å². The Morgan fingerprint density at radius 1 is 1.53 bits per heavy atom. The molecule has 0 aliphatic carbocycles. The zero-order valence-electron chi connectivity index (χ0n) is 9.04. The van der Waals surface area contributed by atoms with E-state index in [0.717, 1.165) is 10.2 Å². The molecule has 0 aliphatic heterocycles. The van der Waals surface area contributed by atoms with Gasteiger partial charge < -0.3 is 5.11 Å². The number of rotatable bonds is 3. The van der Waals surface area contributed by atoms with E-state index in [9.17, 15) is 4.79 Å². The van der Waals surface area contributed by atoms with E-state index in [2.05, 4.69) is 26.2 Å². The summed E-state index contributed by atoms with van der Waals surface area (Å²) in [6.07, 6.45) is 1.63. The molecule has 88 valence electrons. The number of aromatic nitrogens is 3. The Hall–Kier alpha value is -1.69. The summed E-state index contributed by atoms with van der Waals surface area (Å²) >= 11 is 3.36. The first-order valence-corrected chi connectivity index (χ1v) is 5.78. The highest BCUT2D eigenvalue weighted by Gasteiger charge is 2.17. The molecule has 0 aliphatic rings. The van der Waals surface area contributed by atoms with Crippen LogP contribution in [0.5, 0.6) is 0 Å². The van der Waals surface area contributed by atoms with Gasteiger partial charge in [-0.25, -0.2) is 4.68 Å². The Morgan fingerprint density at radius 3 is 2.94 bits per heavy atom. The lowest BCUT2D eigenvalue weighted by Crippen LogP contribution is -2.07. The number of halogens is 1. The first kappa shape index (κ1) is 11.8. The van der Waals surface area contributed by atoms with Crippen molar-refractivity contribution < 1.29 is 9.90 Å². The third kappa shape index (κ3) is 2.52. The van der Waals surface area contributed by atoms with Crippen molar-refractivity contribution in [3.05, 3.63) is 40.6 Å². The fourth-order valence-corrected chi connectivity index (χ4v) is 1.73. The van der Waals surface area contributed by atoms with E-state index in [-0.39, 0.29) is 0 Å².